The third-order valence-corrected chi connectivity index (χ3v) is 10.2. The van der Waals surface area contributed by atoms with Crippen LogP contribution in [0.4, 0.5) is 4.39 Å². The predicted molar refractivity (Wildman–Crippen MR) is 198 cm³/mol. The Balaban J connectivity index is 1.22. The molecular formula is C39H41Cl2FN4O6. The molecule has 6 rings (SSSR count). The summed E-state index contributed by atoms with van der Waals surface area (Å²) in [4.78, 5) is 29.0. The lowest BCUT2D eigenvalue weighted by molar-refractivity contribution is -0.137. The van der Waals surface area contributed by atoms with Crippen molar-refractivity contribution in [3.05, 3.63) is 92.7 Å². The van der Waals surface area contributed by atoms with E-state index in [1.54, 1.807) is 12.1 Å². The van der Waals surface area contributed by atoms with E-state index in [0.717, 1.165) is 40.7 Å². The molecule has 1 aromatic heterocycles. The van der Waals surface area contributed by atoms with Gasteiger partial charge in [-0.25, -0.2) is 4.39 Å². The number of rotatable bonds is 15. The molecule has 3 aromatic carbocycles. The molecule has 10 nitrogen and oxygen atoms in total. The zero-order valence-corrected chi connectivity index (χ0v) is 30.7. The molecule has 1 amide bonds. The molecule has 1 aliphatic carbocycles. The van der Waals surface area contributed by atoms with Crippen LogP contribution in [0, 0.1) is 5.82 Å². The number of nitrogens with one attached hydrogen (secondary N) is 2. The quantitative estimate of drug-likeness (QED) is 0.116. The number of aliphatic carboxylic acids is 1. The summed E-state index contributed by atoms with van der Waals surface area (Å²) < 4.78 is 33.2. The van der Waals surface area contributed by atoms with Gasteiger partial charge < -0.3 is 34.9 Å². The van der Waals surface area contributed by atoms with Crippen LogP contribution in [0.25, 0.3) is 22.3 Å². The van der Waals surface area contributed by atoms with E-state index in [1.807, 2.05) is 48.3 Å². The Morgan fingerprint density at radius 1 is 1.04 bits per heavy atom. The molecule has 2 aliphatic rings. The van der Waals surface area contributed by atoms with Crippen molar-refractivity contribution >= 4 is 35.1 Å². The molecular weight excluding hydrogens is 710 g/mol. The van der Waals surface area contributed by atoms with Gasteiger partial charge in [-0.15, -0.1) is 0 Å². The number of carbonyl (C=O) groups excluding carboxylic acids is 1. The maximum absolute atomic E-state index is 15.6. The monoisotopic (exact) mass is 750 g/mol. The van der Waals surface area contributed by atoms with Crippen molar-refractivity contribution in [3.63, 3.8) is 0 Å². The average Bonchev–Trinajstić information content (AvgIpc) is 3.74. The number of nitrogens with zero attached hydrogens (tertiary/aromatic N) is 2. The van der Waals surface area contributed by atoms with Gasteiger partial charge in [-0.1, -0.05) is 59.6 Å². The molecule has 1 fully saturated rings. The van der Waals surface area contributed by atoms with Crippen molar-refractivity contribution in [1.82, 2.24) is 20.5 Å². The average molecular weight is 752 g/mol. The Bertz CT molecular complexity index is 1980. The molecule has 0 radical (unpaired) electrons. The van der Waals surface area contributed by atoms with Crippen LogP contribution in [0.15, 0.2) is 54.6 Å². The largest absolute Gasteiger partial charge is 0.496 e. The van der Waals surface area contributed by atoms with E-state index in [-0.39, 0.29) is 36.9 Å². The molecule has 2 atom stereocenters. The number of benzene rings is 3. The summed E-state index contributed by atoms with van der Waals surface area (Å²) in [5.41, 5.74) is 6.24. The summed E-state index contributed by atoms with van der Waals surface area (Å²) in [7, 11) is 4.86. The van der Waals surface area contributed by atoms with Crippen molar-refractivity contribution in [2.24, 2.45) is 0 Å². The summed E-state index contributed by atoms with van der Waals surface area (Å²) in [6.07, 6.45) is 2.38. The minimum Gasteiger partial charge on any atom is -0.496 e. The van der Waals surface area contributed by atoms with Crippen LogP contribution in [-0.2, 0) is 29.1 Å². The van der Waals surface area contributed by atoms with Gasteiger partial charge >= 0.3 is 5.97 Å². The fourth-order valence-electron chi connectivity index (χ4n) is 6.93. The summed E-state index contributed by atoms with van der Waals surface area (Å²) in [6, 6.07) is 16.8. The molecule has 0 spiro atoms. The van der Waals surface area contributed by atoms with Crippen molar-refractivity contribution < 1.29 is 33.3 Å². The third kappa shape index (κ3) is 8.28. The van der Waals surface area contributed by atoms with Gasteiger partial charge in [-0.2, -0.15) is 4.98 Å². The SMILES string of the molecule is COc1cc(-c2cccc(-c3cccc4c3CC[C@@H]4Oc3nc(OC)c(CN(C)CCC(=O)O)cc3Cl)c2Cl)cc(F)c1CNC[C@@H]1CCC(=O)N1. The van der Waals surface area contributed by atoms with E-state index in [4.69, 9.17) is 42.5 Å². The number of halogens is 3. The molecule has 2 heterocycles. The Hall–Kier alpha value is -4.42. The number of aromatic nitrogens is 1. The Morgan fingerprint density at radius 2 is 1.81 bits per heavy atom. The van der Waals surface area contributed by atoms with Crippen molar-refractivity contribution in [2.75, 3.05) is 34.4 Å². The molecule has 0 unspecified atom stereocenters. The minimum absolute atomic E-state index is 0.0168. The van der Waals surface area contributed by atoms with Crippen LogP contribution >= 0.6 is 23.2 Å². The lowest BCUT2D eigenvalue weighted by atomic mass is 9.93. The van der Waals surface area contributed by atoms with Gasteiger partial charge in [-0.3, -0.25) is 9.59 Å². The highest BCUT2D eigenvalue weighted by Crippen LogP contribution is 2.45. The van der Waals surface area contributed by atoms with Crippen LogP contribution in [-0.4, -0.2) is 67.3 Å². The van der Waals surface area contributed by atoms with Gasteiger partial charge in [0, 0.05) is 60.9 Å². The first kappa shape index (κ1) is 37.3. The lowest BCUT2D eigenvalue weighted by Crippen LogP contribution is -2.35. The van der Waals surface area contributed by atoms with Gasteiger partial charge in [0.1, 0.15) is 22.7 Å². The Kier molecular flexibility index (Phi) is 11.8. The molecule has 1 aliphatic heterocycles. The van der Waals surface area contributed by atoms with E-state index in [2.05, 4.69) is 15.6 Å². The number of hydrogen-bond acceptors (Lipinski definition) is 8. The third-order valence-electron chi connectivity index (χ3n) is 9.55. The van der Waals surface area contributed by atoms with Gasteiger partial charge in [0.05, 0.1) is 25.7 Å². The predicted octanol–water partition coefficient (Wildman–Crippen LogP) is 7.22. The zero-order valence-electron chi connectivity index (χ0n) is 29.2. The number of carboxylic acid groups (broad SMARTS) is 1. The molecule has 0 bridgehead atoms. The molecule has 4 aromatic rings. The zero-order chi connectivity index (χ0) is 36.9. The van der Waals surface area contributed by atoms with E-state index in [0.29, 0.717) is 70.8 Å². The van der Waals surface area contributed by atoms with Crippen LogP contribution in [0.5, 0.6) is 17.5 Å². The van der Waals surface area contributed by atoms with Crippen LogP contribution in [0.3, 0.4) is 0 Å². The van der Waals surface area contributed by atoms with Crippen molar-refractivity contribution in [2.45, 2.75) is 57.3 Å². The first-order valence-corrected chi connectivity index (χ1v) is 17.9. The number of carbonyl (C=O) groups is 2. The van der Waals surface area contributed by atoms with Crippen LogP contribution in [0.2, 0.25) is 10.0 Å². The Labute approximate surface area is 312 Å². The first-order valence-electron chi connectivity index (χ1n) is 17.1. The summed E-state index contributed by atoms with van der Waals surface area (Å²) >= 11 is 13.8. The van der Waals surface area contributed by atoms with Gasteiger partial charge in [-0.05, 0) is 66.8 Å². The van der Waals surface area contributed by atoms with E-state index < -0.39 is 11.8 Å². The highest BCUT2D eigenvalue weighted by Gasteiger charge is 2.29. The lowest BCUT2D eigenvalue weighted by Gasteiger charge is -2.20. The summed E-state index contributed by atoms with van der Waals surface area (Å²) in [5, 5.41) is 16.0. The van der Waals surface area contributed by atoms with Gasteiger partial charge in [0.15, 0.2) is 0 Å². The standard InChI is InChI=1S/C39H41Cl2FN4O6/c1-46(15-14-36(48)49)21-23-16-31(40)39(45-38(23)51-3)52-33-12-11-27-26(7-5-8-28(27)33)29-9-4-6-25(37(29)41)22-17-32(42)30(34(18-22)50-2)20-43-19-24-10-13-35(47)44-24/h4-9,16-18,24,33,43H,10-15,19-21H2,1-3H3,(H,44,47)(H,48,49)/t24-,33-/m0/s1. The van der Waals surface area contributed by atoms with E-state index in [1.165, 1.54) is 20.3 Å². The van der Waals surface area contributed by atoms with Gasteiger partial charge in [0.2, 0.25) is 17.7 Å². The molecule has 52 heavy (non-hydrogen) atoms. The van der Waals surface area contributed by atoms with Crippen molar-refractivity contribution in [1.29, 1.82) is 0 Å². The van der Waals surface area contributed by atoms with Gasteiger partial charge in [0.25, 0.3) is 0 Å². The number of methoxy groups -OCH3 is 2. The molecule has 13 heteroatoms. The normalized spacial score (nSPS) is 16.6. The number of fused-ring (bicyclic) bond motifs is 1. The number of carboxylic acids is 1. The second-order valence-corrected chi connectivity index (χ2v) is 13.9. The van der Waals surface area contributed by atoms with Crippen molar-refractivity contribution in [3.8, 4) is 39.8 Å². The topological polar surface area (TPSA) is 122 Å². The number of hydrogen-bond donors (Lipinski definition) is 3. The molecule has 1 saturated heterocycles. The highest BCUT2D eigenvalue weighted by atomic mass is 35.5. The number of amides is 1. The fraction of sp³-hybridized carbons (Fsp3) is 0.359. The van der Waals surface area contributed by atoms with E-state index in [9.17, 15) is 9.59 Å². The second kappa shape index (κ2) is 16.5. The highest BCUT2D eigenvalue weighted by molar-refractivity contribution is 6.36. The maximum atomic E-state index is 15.6. The van der Waals surface area contributed by atoms with E-state index >= 15 is 4.39 Å². The summed E-state index contributed by atoms with van der Waals surface area (Å²) in [5.74, 6) is -0.237. The Morgan fingerprint density at radius 3 is 2.54 bits per heavy atom. The van der Waals surface area contributed by atoms with Crippen LogP contribution < -0.4 is 24.8 Å². The first-order chi connectivity index (χ1) is 25.1. The fourth-order valence-corrected chi connectivity index (χ4v) is 7.49. The summed E-state index contributed by atoms with van der Waals surface area (Å²) in [6.45, 7) is 1.55. The number of ether oxygens (including phenoxy) is 3. The second-order valence-electron chi connectivity index (χ2n) is 13.1. The molecule has 274 valence electrons. The molecule has 3 N–H and O–H groups in total. The maximum Gasteiger partial charge on any atom is 0.304 e. The number of pyridine rings is 1. The smallest absolute Gasteiger partial charge is 0.304 e. The van der Waals surface area contributed by atoms with Crippen LogP contribution in [0.1, 0.15) is 54.0 Å². The minimum atomic E-state index is -0.867. The molecule has 0 saturated carbocycles.